The Balaban J connectivity index is 0.000000969. The van der Waals surface area contributed by atoms with E-state index in [1.807, 2.05) is 91.0 Å². The zero-order chi connectivity index (χ0) is 34.9. The summed E-state index contributed by atoms with van der Waals surface area (Å²) < 4.78 is 0. The van der Waals surface area contributed by atoms with Crippen LogP contribution in [0.3, 0.4) is 0 Å². The number of nitrogens with zero attached hydrogens (tertiary/aromatic N) is 1. The zero-order valence-electron chi connectivity index (χ0n) is 27.0. The second-order valence-electron chi connectivity index (χ2n) is 11.6. The van der Waals surface area contributed by atoms with Crippen LogP contribution in [0.15, 0.2) is 91.0 Å². The quantitative estimate of drug-likeness (QED) is 0.177. The number of nitrogens with two attached hydrogens (primary N) is 1. The topological polar surface area (TPSA) is 191 Å². The molecular weight excluding hydrogens is 614 g/mol. The highest BCUT2D eigenvalue weighted by Crippen LogP contribution is 2.34. The van der Waals surface area contributed by atoms with Crippen molar-refractivity contribution >= 4 is 30.7 Å². The monoisotopic (exact) mass is 659 g/mol. The predicted octanol–water partition coefficient (Wildman–Crippen LogP) is 2.34. The van der Waals surface area contributed by atoms with E-state index in [0.29, 0.717) is 19.3 Å². The van der Waals surface area contributed by atoms with Gasteiger partial charge in [0.05, 0.1) is 12.1 Å². The normalized spacial score (nSPS) is 20.4. The molecule has 0 aromatic heterocycles. The smallest absolute Gasteiger partial charge is 0.290 e. The summed E-state index contributed by atoms with van der Waals surface area (Å²) in [6.07, 6.45) is 3.29. The molecule has 2 aliphatic heterocycles. The molecule has 48 heavy (non-hydrogen) atoms. The first kappa shape index (κ1) is 37.4. The van der Waals surface area contributed by atoms with E-state index in [0.717, 1.165) is 29.5 Å². The van der Waals surface area contributed by atoms with Gasteiger partial charge < -0.3 is 36.8 Å². The first-order valence-corrected chi connectivity index (χ1v) is 15.9. The van der Waals surface area contributed by atoms with Gasteiger partial charge in [0.2, 0.25) is 17.7 Å². The van der Waals surface area contributed by atoms with Crippen LogP contribution in [-0.4, -0.2) is 83.5 Å². The predicted molar refractivity (Wildman–Crippen MR) is 181 cm³/mol. The Kier molecular flexibility index (Phi) is 15.2. The van der Waals surface area contributed by atoms with Crippen LogP contribution in [0.4, 0.5) is 0 Å². The maximum absolute atomic E-state index is 14.2. The molecule has 3 aromatic rings. The Hall–Kier alpha value is -5.07. The fourth-order valence-electron chi connectivity index (χ4n) is 6.44. The second kappa shape index (κ2) is 19.6. The summed E-state index contributed by atoms with van der Waals surface area (Å²) >= 11 is 0. The number of likely N-dealkylation sites (N-methyl/N-ethyl adjacent to an activating group) is 1. The van der Waals surface area contributed by atoms with Gasteiger partial charge in [-0.2, -0.15) is 0 Å². The number of fused-ring (bicyclic) bond motifs is 1. The van der Waals surface area contributed by atoms with Crippen molar-refractivity contribution in [1.29, 1.82) is 0 Å². The lowest BCUT2D eigenvalue weighted by Crippen LogP contribution is -2.59. The first-order valence-electron chi connectivity index (χ1n) is 15.9. The van der Waals surface area contributed by atoms with Gasteiger partial charge in [-0.15, -0.1) is 0 Å². The third-order valence-corrected chi connectivity index (χ3v) is 8.77. The van der Waals surface area contributed by atoms with Crippen LogP contribution in [0.2, 0.25) is 0 Å². The summed E-state index contributed by atoms with van der Waals surface area (Å²) in [6.45, 7) is -0.221. The molecule has 7 N–H and O–H groups in total. The van der Waals surface area contributed by atoms with Crippen molar-refractivity contribution in [1.82, 2.24) is 20.9 Å². The van der Waals surface area contributed by atoms with Gasteiger partial charge in [-0.3, -0.25) is 24.0 Å². The van der Waals surface area contributed by atoms with Crippen LogP contribution in [0.1, 0.15) is 48.4 Å². The molecule has 0 radical (unpaired) electrons. The van der Waals surface area contributed by atoms with Gasteiger partial charge in [0.25, 0.3) is 12.9 Å². The lowest BCUT2D eigenvalue weighted by atomic mass is 9.93. The van der Waals surface area contributed by atoms with Crippen LogP contribution in [0.5, 0.6) is 0 Å². The molecule has 5 rings (SSSR count). The standard InChI is InChI=1S/C34H41N5O3.2CH2O2/c1-36-28(21-23-11-5-2-6-12-23)32(40)38-31-26(22-35)17-18-27-19-20-29(39(27)34(31)42)33(41)37-30(24-13-7-3-8-14-24)25-15-9-4-10-16-25;2*2-1-3/h2-16,26-31,36H,17-22,35H2,1H3,(H,37,41)(H,38,40);2*1H,(H,2,3)/t26-,27+,28-,29+,31+;;/m1../s1. The average Bonchev–Trinajstić information content (AvgIpc) is 3.49. The van der Waals surface area contributed by atoms with Crippen LogP contribution in [0.25, 0.3) is 0 Å². The molecule has 256 valence electrons. The fraction of sp³-hybridized carbons (Fsp3) is 0.361. The van der Waals surface area contributed by atoms with E-state index in [4.69, 9.17) is 25.5 Å². The van der Waals surface area contributed by atoms with Crippen molar-refractivity contribution in [2.45, 2.75) is 62.3 Å². The Morgan fingerprint density at radius 2 is 1.35 bits per heavy atom. The second-order valence-corrected chi connectivity index (χ2v) is 11.6. The summed E-state index contributed by atoms with van der Waals surface area (Å²) in [5.41, 5.74) is 9.12. The number of carboxylic acid groups (broad SMARTS) is 2. The third kappa shape index (κ3) is 9.96. The van der Waals surface area contributed by atoms with Crippen molar-refractivity contribution in [2.75, 3.05) is 13.6 Å². The van der Waals surface area contributed by atoms with Gasteiger partial charge in [0.15, 0.2) is 0 Å². The fourth-order valence-corrected chi connectivity index (χ4v) is 6.44. The molecule has 5 atom stereocenters. The van der Waals surface area contributed by atoms with Crippen LogP contribution >= 0.6 is 0 Å². The van der Waals surface area contributed by atoms with E-state index >= 15 is 0 Å². The lowest BCUT2D eigenvalue weighted by Gasteiger charge is -2.33. The van der Waals surface area contributed by atoms with Crippen molar-refractivity contribution in [3.8, 4) is 0 Å². The van der Waals surface area contributed by atoms with Gasteiger partial charge in [0, 0.05) is 12.0 Å². The number of carbonyl (C=O) groups is 5. The SMILES string of the molecule is CN[C@H](Cc1ccccc1)C(=O)N[C@@H]1C(=O)N2[C@@H](CC[C@@H]1CN)CC[C@H]2C(=O)NC(c1ccccc1)c1ccccc1.O=CO.O=CO. The summed E-state index contributed by atoms with van der Waals surface area (Å²) in [7, 11) is 1.75. The zero-order valence-corrected chi connectivity index (χ0v) is 27.0. The van der Waals surface area contributed by atoms with E-state index < -0.39 is 18.1 Å². The number of benzene rings is 3. The highest BCUT2D eigenvalue weighted by Gasteiger charge is 2.47. The summed E-state index contributed by atoms with van der Waals surface area (Å²) in [5.74, 6) is -0.849. The molecule has 2 fully saturated rings. The first-order chi connectivity index (χ1) is 23.3. The molecule has 3 aromatic carbocycles. The molecule has 12 heteroatoms. The highest BCUT2D eigenvalue weighted by atomic mass is 16.3. The van der Waals surface area contributed by atoms with Crippen molar-refractivity contribution in [3.63, 3.8) is 0 Å². The van der Waals surface area contributed by atoms with Crippen LogP contribution in [-0.2, 0) is 30.4 Å². The molecule has 2 saturated heterocycles. The molecule has 0 bridgehead atoms. The number of hydrogen-bond donors (Lipinski definition) is 6. The largest absolute Gasteiger partial charge is 0.483 e. The molecule has 3 amide bonds. The lowest BCUT2D eigenvalue weighted by molar-refractivity contribution is -0.143. The number of nitrogens with one attached hydrogen (secondary N) is 3. The van der Waals surface area contributed by atoms with Gasteiger partial charge in [-0.25, -0.2) is 0 Å². The molecular formula is C36H45N5O7. The maximum atomic E-state index is 14.2. The van der Waals surface area contributed by atoms with Crippen molar-refractivity contribution < 1.29 is 34.2 Å². The number of amides is 3. The Labute approximate surface area is 280 Å². The van der Waals surface area contributed by atoms with E-state index in [2.05, 4.69) is 16.0 Å². The third-order valence-electron chi connectivity index (χ3n) is 8.77. The summed E-state index contributed by atoms with van der Waals surface area (Å²) in [6, 6.07) is 27.2. The van der Waals surface area contributed by atoms with Gasteiger partial charge in [0.1, 0.15) is 12.1 Å². The Morgan fingerprint density at radius 3 is 1.85 bits per heavy atom. The summed E-state index contributed by atoms with van der Waals surface area (Å²) in [4.78, 5) is 60.1. The molecule has 12 nitrogen and oxygen atoms in total. The minimum Gasteiger partial charge on any atom is -0.483 e. The van der Waals surface area contributed by atoms with E-state index in [-0.39, 0.29) is 55.2 Å². The van der Waals surface area contributed by atoms with Gasteiger partial charge in [-0.05, 0) is 62.4 Å². The van der Waals surface area contributed by atoms with E-state index in [1.165, 1.54) is 0 Å². The molecule has 2 heterocycles. The summed E-state index contributed by atoms with van der Waals surface area (Å²) in [5, 5.41) is 23.2. The highest BCUT2D eigenvalue weighted by molar-refractivity contribution is 5.94. The Morgan fingerprint density at radius 1 is 0.854 bits per heavy atom. The van der Waals surface area contributed by atoms with E-state index in [9.17, 15) is 14.4 Å². The van der Waals surface area contributed by atoms with Gasteiger partial charge >= 0.3 is 0 Å². The minimum atomic E-state index is -0.786. The number of carbonyl (C=O) groups excluding carboxylic acids is 3. The van der Waals surface area contributed by atoms with E-state index in [1.54, 1.807) is 11.9 Å². The van der Waals surface area contributed by atoms with Crippen molar-refractivity contribution in [3.05, 3.63) is 108 Å². The molecule has 0 aliphatic carbocycles. The maximum Gasteiger partial charge on any atom is 0.290 e. The minimum absolute atomic E-state index is 0.0551. The number of rotatable bonds is 10. The average molecular weight is 660 g/mol. The molecule has 2 aliphatic rings. The van der Waals surface area contributed by atoms with Crippen LogP contribution < -0.4 is 21.7 Å². The van der Waals surface area contributed by atoms with Crippen molar-refractivity contribution in [2.24, 2.45) is 11.7 Å². The van der Waals surface area contributed by atoms with Crippen LogP contribution in [0, 0.1) is 5.92 Å². The Bertz CT molecular complexity index is 1400. The molecule has 0 unspecified atom stereocenters. The number of hydrogen-bond acceptors (Lipinski definition) is 7. The molecule has 0 spiro atoms. The van der Waals surface area contributed by atoms with Gasteiger partial charge in [-0.1, -0.05) is 91.0 Å². The molecule has 0 saturated carbocycles.